The van der Waals surface area contributed by atoms with Crippen LogP contribution in [0.1, 0.15) is 18.4 Å². The summed E-state index contributed by atoms with van der Waals surface area (Å²) in [6.07, 6.45) is 3.03. The van der Waals surface area contributed by atoms with Crippen molar-refractivity contribution in [3.63, 3.8) is 0 Å². The van der Waals surface area contributed by atoms with Gasteiger partial charge in [-0.05, 0) is 31.9 Å². The van der Waals surface area contributed by atoms with E-state index in [4.69, 9.17) is 11.6 Å². The molecule has 0 saturated heterocycles. The molecule has 0 aromatic heterocycles. The maximum absolute atomic E-state index is 10.8. The van der Waals surface area contributed by atoms with Crippen molar-refractivity contribution in [3.05, 3.63) is 38.9 Å². The van der Waals surface area contributed by atoms with Crippen LogP contribution in [0.4, 0.5) is 5.69 Å². The monoisotopic (exact) mass is 240 g/mol. The lowest BCUT2D eigenvalue weighted by Gasteiger charge is -2.06. The summed E-state index contributed by atoms with van der Waals surface area (Å²) in [4.78, 5) is 10.4. The van der Waals surface area contributed by atoms with Crippen molar-refractivity contribution in [1.29, 1.82) is 0 Å². The van der Waals surface area contributed by atoms with Crippen molar-refractivity contribution in [2.24, 2.45) is 0 Å². The molecule has 86 valence electrons. The van der Waals surface area contributed by atoms with E-state index >= 15 is 0 Å². The summed E-state index contributed by atoms with van der Waals surface area (Å²) in [7, 11) is 0. The average Bonchev–Trinajstić information content (AvgIpc) is 3.04. The van der Waals surface area contributed by atoms with E-state index in [1.165, 1.54) is 18.9 Å². The fraction of sp³-hybridized carbons (Fsp3) is 0.455. The molecule has 0 atom stereocenters. The van der Waals surface area contributed by atoms with E-state index in [-0.39, 0.29) is 10.6 Å². The van der Waals surface area contributed by atoms with Crippen LogP contribution in [0, 0.1) is 10.1 Å². The topological polar surface area (TPSA) is 55.2 Å². The standard InChI is InChI=1S/C11H13ClN2O2/c12-10-2-1-3-11(14(15)16)9(10)6-7-13-8-4-5-8/h1-3,8,13H,4-7H2. The fourth-order valence-electron chi connectivity index (χ4n) is 1.65. The second-order valence-corrected chi connectivity index (χ2v) is 4.38. The van der Waals surface area contributed by atoms with Crippen LogP contribution in [-0.2, 0) is 6.42 Å². The highest BCUT2D eigenvalue weighted by molar-refractivity contribution is 6.31. The number of nitro groups is 1. The lowest BCUT2D eigenvalue weighted by molar-refractivity contribution is -0.385. The lowest BCUT2D eigenvalue weighted by Crippen LogP contribution is -2.19. The molecule has 0 spiro atoms. The van der Waals surface area contributed by atoms with Crippen LogP contribution < -0.4 is 5.32 Å². The molecule has 1 aromatic carbocycles. The van der Waals surface area contributed by atoms with Crippen molar-refractivity contribution in [1.82, 2.24) is 5.32 Å². The van der Waals surface area contributed by atoms with Gasteiger partial charge in [0.1, 0.15) is 0 Å². The van der Waals surface area contributed by atoms with E-state index in [0.717, 1.165) is 6.54 Å². The summed E-state index contributed by atoms with van der Waals surface area (Å²) < 4.78 is 0. The molecule has 16 heavy (non-hydrogen) atoms. The summed E-state index contributed by atoms with van der Waals surface area (Å²) in [5.41, 5.74) is 0.743. The minimum absolute atomic E-state index is 0.116. The van der Waals surface area contributed by atoms with E-state index < -0.39 is 0 Å². The Morgan fingerprint density at radius 2 is 2.25 bits per heavy atom. The van der Waals surface area contributed by atoms with Crippen LogP contribution in [0.15, 0.2) is 18.2 Å². The zero-order chi connectivity index (χ0) is 11.5. The third kappa shape index (κ3) is 2.71. The number of nitrogens with one attached hydrogen (secondary N) is 1. The predicted molar refractivity (Wildman–Crippen MR) is 62.8 cm³/mol. The van der Waals surface area contributed by atoms with Gasteiger partial charge in [0, 0.05) is 17.7 Å². The van der Waals surface area contributed by atoms with Gasteiger partial charge in [0.15, 0.2) is 0 Å². The van der Waals surface area contributed by atoms with Gasteiger partial charge in [0.2, 0.25) is 0 Å². The summed E-state index contributed by atoms with van der Waals surface area (Å²) in [6, 6.07) is 5.42. The molecule has 0 heterocycles. The Balaban J connectivity index is 2.06. The molecular weight excluding hydrogens is 228 g/mol. The summed E-state index contributed by atoms with van der Waals surface area (Å²) >= 11 is 5.97. The Bertz CT molecular complexity index is 405. The number of halogens is 1. The van der Waals surface area contributed by atoms with Crippen molar-refractivity contribution < 1.29 is 4.92 Å². The fourth-order valence-corrected chi connectivity index (χ4v) is 1.92. The molecule has 0 bridgehead atoms. The number of benzene rings is 1. The molecule has 1 aliphatic carbocycles. The van der Waals surface area contributed by atoms with Gasteiger partial charge < -0.3 is 5.32 Å². The molecule has 0 aliphatic heterocycles. The number of nitro benzene ring substituents is 1. The Morgan fingerprint density at radius 1 is 1.50 bits per heavy atom. The Morgan fingerprint density at radius 3 is 2.88 bits per heavy atom. The third-order valence-corrected chi connectivity index (χ3v) is 3.03. The van der Waals surface area contributed by atoms with E-state index in [1.807, 2.05) is 0 Å². The van der Waals surface area contributed by atoms with E-state index in [1.54, 1.807) is 12.1 Å². The van der Waals surface area contributed by atoms with Crippen LogP contribution in [-0.4, -0.2) is 17.5 Å². The van der Waals surface area contributed by atoms with Crippen LogP contribution in [0.5, 0.6) is 0 Å². The molecule has 1 fully saturated rings. The molecule has 0 radical (unpaired) electrons. The lowest BCUT2D eigenvalue weighted by atomic mass is 10.1. The molecule has 2 rings (SSSR count). The van der Waals surface area contributed by atoms with Crippen molar-refractivity contribution in [2.75, 3.05) is 6.54 Å². The van der Waals surface area contributed by atoms with Crippen LogP contribution >= 0.6 is 11.6 Å². The van der Waals surface area contributed by atoms with E-state index in [0.29, 0.717) is 23.0 Å². The SMILES string of the molecule is O=[N+]([O-])c1cccc(Cl)c1CCNC1CC1. The summed E-state index contributed by atoms with van der Waals surface area (Å²) in [5.74, 6) is 0. The molecular formula is C11H13ClN2O2. The normalized spacial score (nSPS) is 15.1. The first kappa shape index (κ1) is 11.4. The zero-order valence-electron chi connectivity index (χ0n) is 8.78. The van der Waals surface area contributed by atoms with E-state index in [9.17, 15) is 10.1 Å². The van der Waals surface area contributed by atoms with Gasteiger partial charge in [-0.25, -0.2) is 0 Å². The van der Waals surface area contributed by atoms with Gasteiger partial charge >= 0.3 is 0 Å². The second-order valence-electron chi connectivity index (χ2n) is 3.97. The molecule has 5 heteroatoms. The number of hydrogen-bond acceptors (Lipinski definition) is 3. The molecule has 1 N–H and O–H groups in total. The van der Waals surface area contributed by atoms with Crippen LogP contribution in [0.3, 0.4) is 0 Å². The highest BCUT2D eigenvalue weighted by atomic mass is 35.5. The molecule has 1 aliphatic rings. The van der Waals surface area contributed by atoms with Crippen molar-refractivity contribution in [3.8, 4) is 0 Å². The van der Waals surface area contributed by atoms with Gasteiger partial charge in [0.25, 0.3) is 5.69 Å². The predicted octanol–water partition coefficient (Wildman–Crippen LogP) is 2.54. The van der Waals surface area contributed by atoms with Gasteiger partial charge in [-0.2, -0.15) is 0 Å². The molecule has 0 unspecified atom stereocenters. The highest BCUT2D eigenvalue weighted by Gasteiger charge is 2.21. The Labute approximate surface area is 98.8 Å². The van der Waals surface area contributed by atoms with Crippen LogP contribution in [0.25, 0.3) is 0 Å². The molecule has 0 amide bonds. The van der Waals surface area contributed by atoms with Crippen molar-refractivity contribution >= 4 is 17.3 Å². The smallest absolute Gasteiger partial charge is 0.274 e. The van der Waals surface area contributed by atoms with Gasteiger partial charge in [-0.3, -0.25) is 10.1 Å². The average molecular weight is 241 g/mol. The number of nitrogens with zero attached hydrogens (tertiary/aromatic N) is 1. The number of rotatable bonds is 5. The molecule has 4 nitrogen and oxygen atoms in total. The van der Waals surface area contributed by atoms with Crippen LogP contribution in [0.2, 0.25) is 5.02 Å². The maximum atomic E-state index is 10.8. The quantitative estimate of drug-likeness (QED) is 0.636. The minimum Gasteiger partial charge on any atom is -0.314 e. The van der Waals surface area contributed by atoms with Gasteiger partial charge in [0.05, 0.1) is 9.95 Å². The molecule has 1 saturated carbocycles. The van der Waals surface area contributed by atoms with E-state index in [2.05, 4.69) is 5.32 Å². The summed E-state index contributed by atoms with van der Waals surface area (Å²) in [5, 5.41) is 14.6. The Kier molecular flexibility index (Phi) is 3.41. The third-order valence-electron chi connectivity index (χ3n) is 2.68. The highest BCUT2D eigenvalue weighted by Crippen LogP contribution is 2.26. The van der Waals surface area contributed by atoms with Gasteiger partial charge in [-0.1, -0.05) is 17.7 Å². The van der Waals surface area contributed by atoms with Gasteiger partial charge in [-0.15, -0.1) is 0 Å². The second kappa shape index (κ2) is 4.80. The first-order chi connectivity index (χ1) is 7.68. The molecule has 1 aromatic rings. The largest absolute Gasteiger partial charge is 0.314 e. The maximum Gasteiger partial charge on any atom is 0.274 e. The minimum atomic E-state index is -0.377. The first-order valence-corrected chi connectivity index (χ1v) is 5.71. The van der Waals surface area contributed by atoms with Crippen molar-refractivity contribution in [2.45, 2.75) is 25.3 Å². The first-order valence-electron chi connectivity index (χ1n) is 5.33. The zero-order valence-corrected chi connectivity index (χ0v) is 9.54. The Hall–Kier alpha value is -1.13. The number of hydrogen-bond donors (Lipinski definition) is 1. The summed E-state index contributed by atoms with van der Waals surface area (Å²) in [6.45, 7) is 0.745.